The van der Waals surface area contributed by atoms with Crippen LogP contribution in [0, 0.1) is 5.82 Å². The molecule has 0 aliphatic carbocycles. The highest BCUT2D eigenvalue weighted by atomic mass is 79.9. The zero-order chi connectivity index (χ0) is 13.9. The molecule has 0 bridgehead atoms. The zero-order valence-corrected chi connectivity index (χ0v) is 13.6. The summed E-state index contributed by atoms with van der Waals surface area (Å²) in [6.45, 7) is 2.25. The van der Waals surface area contributed by atoms with Gasteiger partial charge in [0.05, 0.1) is 0 Å². The summed E-state index contributed by atoms with van der Waals surface area (Å²) in [5.41, 5.74) is 1.25. The Balaban J connectivity index is 2.20. The quantitative estimate of drug-likeness (QED) is 0.342. The van der Waals surface area contributed by atoms with E-state index in [-0.39, 0.29) is 5.82 Å². The first-order valence-corrected chi connectivity index (χ1v) is 8.71. The second-order valence-corrected chi connectivity index (χ2v) is 5.96. The van der Waals surface area contributed by atoms with Crippen molar-refractivity contribution in [1.82, 2.24) is 0 Å². The van der Waals surface area contributed by atoms with Crippen LogP contribution in [-0.2, 0) is 0 Å². The van der Waals surface area contributed by atoms with Gasteiger partial charge in [0, 0.05) is 5.33 Å². The summed E-state index contributed by atoms with van der Waals surface area (Å²) in [6, 6.07) is 6.97. The first-order chi connectivity index (χ1) is 9.27. The predicted octanol–water partition coefficient (Wildman–Crippen LogP) is 6.44. The van der Waals surface area contributed by atoms with Gasteiger partial charge in [-0.2, -0.15) is 0 Å². The third-order valence-corrected chi connectivity index (χ3v) is 4.47. The summed E-state index contributed by atoms with van der Waals surface area (Å²) in [6.07, 6.45) is 10.6. The highest BCUT2D eigenvalue weighted by molar-refractivity contribution is 9.09. The Morgan fingerprint density at radius 2 is 1.53 bits per heavy atom. The third-order valence-electron chi connectivity index (χ3n) is 3.68. The summed E-state index contributed by atoms with van der Waals surface area (Å²) in [5, 5.41) is 0.967. The van der Waals surface area contributed by atoms with Crippen molar-refractivity contribution < 1.29 is 4.39 Å². The maximum Gasteiger partial charge on any atom is 0.123 e. The van der Waals surface area contributed by atoms with Crippen LogP contribution in [0.25, 0.3) is 0 Å². The topological polar surface area (TPSA) is 0 Å². The van der Waals surface area contributed by atoms with Gasteiger partial charge in [0.1, 0.15) is 5.82 Å². The van der Waals surface area contributed by atoms with Crippen molar-refractivity contribution in [2.24, 2.45) is 0 Å². The molecule has 0 aromatic heterocycles. The van der Waals surface area contributed by atoms with Crippen LogP contribution in [0.3, 0.4) is 0 Å². The molecule has 0 radical (unpaired) electrons. The van der Waals surface area contributed by atoms with Crippen molar-refractivity contribution in [3.63, 3.8) is 0 Å². The molecular weight excluding hydrogens is 303 g/mol. The van der Waals surface area contributed by atoms with Gasteiger partial charge in [0.15, 0.2) is 0 Å². The molecule has 0 nitrogen and oxygen atoms in total. The van der Waals surface area contributed by atoms with Gasteiger partial charge >= 0.3 is 0 Å². The van der Waals surface area contributed by atoms with Gasteiger partial charge in [-0.05, 0) is 30.0 Å². The highest BCUT2D eigenvalue weighted by Gasteiger charge is 2.09. The minimum atomic E-state index is -0.145. The van der Waals surface area contributed by atoms with Gasteiger partial charge in [0.25, 0.3) is 0 Å². The molecular formula is C17H26BrF. The largest absolute Gasteiger partial charge is 0.207 e. The maximum absolute atomic E-state index is 12.9. The molecule has 0 heterocycles. The molecule has 0 fully saturated rings. The average Bonchev–Trinajstić information content (AvgIpc) is 2.43. The lowest BCUT2D eigenvalue weighted by Crippen LogP contribution is -2.00. The second kappa shape index (κ2) is 10.4. The summed E-state index contributed by atoms with van der Waals surface area (Å²) in [4.78, 5) is 0. The van der Waals surface area contributed by atoms with Crippen LogP contribution in [0.15, 0.2) is 24.3 Å². The van der Waals surface area contributed by atoms with Gasteiger partial charge in [0.2, 0.25) is 0 Å². The predicted molar refractivity (Wildman–Crippen MR) is 85.5 cm³/mol. The molecule has 0 amide bonds. The van der Waals surface area contributed by atoms with Crippen LogP contribution >= 0.6 is 15.9 Å². The van der Waals surface area contributed by atoms with E-state index in [4.69, 9.17) is 0 Å². The Labute approximate surface area is 125 Å². The Hall–Kier alpha value is -0.370. The van der Waals surface area contributed by atoms with E-state index in [1.807, 2.05) is 12.1 Å². The van der Waals surface area contributed by atoms with E-state index >= 15 is 0 Å². The maximum atomic E-state index is 12.9. The van der Waals surface area contributed by atoms with E-state index in [9.17, 15) is 4.39 Å². The summed E-state index contributed by atoms with van der Waals surface area (Å²) >= 11 is 3.58. The minimum absolute atomic E-state index is 0.145. The number of benzene rings is 1. The van der Waals surface area contributed by atoms with Crippen LogP contribution in [-0.4, -0.2) is 5.33 Å². The molecule has 19 heavy (non-hydrogen) atoms. The highest BCUT2D eigenvalue weighted by Crippen LogP contribution is 2.25. The van der Waals surface area contributed by atoms with Gasteiger partial charge < -0.3 is 0 Å². The Bertz CT molecular complexity index is 321. The number of rotatable bonds is 10. The van der Waals surface area contributed by atoms with Gasteiger partial charge in [-0.1, -0.05) is 79.9 Å². The molecule has 108 valence electrons. The lowest BCUT2D eigenvalue weighted by molar-refractivity contribution is 0.552. The molecule has 1 rings (SSSR count). The summed E-state index contributed by atoms with van der Waals surface area (Å²) in [5.74, 6) is 0.379. The average molecular weight is 329 g/mol. The molecule has 0 aliphatic heterocycles. The second-order valence-electron chi connectivity index (χ2n) is 5.31. The van der Waals surface area contributed by atoms with E-state index in [0.717, 1.165) is 5.33 Å². The molecule has 1 atom stereocenters. The number of hydrogen-bond acceptors (Lipinski definition) is 0. The van der Waals surface area contributed by atoms with Crippen LogP contribution in [0.2, 0.25) is 0 Å². The molecule has 0 saturated heterocycles. The Kier molecular flexibility index (Phi) is 9.15. The van der Waals surface area contributed by atoms with Crippen molar-refractivity contribution in [2.75, 3.05) is 5.33 Å². The van der Waals surface area contributed by atoms with Crippen molar-refractivity contribution >= 4 is 15.9 Å². The Morgan fingerprint density at radius 1 is 0.947 bits per heavy atom. The third kappa shape index (κ3) is 7.10. The van der Waals surface area contributed by atoms with Gasteiger partial charge in [-0.25, -0.2) is 4.39 Å². The van der Waals surface area contributed by atoms with E-state index in [1.54, 1.807) is 12.1 Å². The van der Waals surface area contributed by atoms with E-state index in [1.165, 1.54) is 56.9 Å². The van der Waals surface area contributed by atoms with Crippen molar-refractivity contribution in [2.45, 2.75) is 64.2 Å². The fraction of sp³-hybridized carbons (Fsp3) is 0.647. The molecule has 1 aromatic carbocycles. The monoisotopic (exact) mass is 328 g/mol. The number of halogens is 2. The smallest absolute Gasteiger partial charge is 0.123 e. The SMILES string of the molecule is CCCCCCCCCC(CBr)c1ccc(F)cc1. The fourth-order valence-electron chi connectivity index (χ4n) is 2.42. The van der Waals surface area contributed by atoms with E-state index in [0.29, 0.717) is 5.92 Å². The van der Waals surface area contributed by atoms with Gasteiger partial charge in [-0.15, -0.1) is 0 Å². The van der Waals surface area contributed by atoms with Gasteiger partial charge in [-0.3, -0.25) is 0 Å². The van der Waals surface area contributed by atoms with E-state index < -0.39 is 0 Å². The van der Waals surface area contributed by atoms with Crippen LogP contribution in [0.4, 0.5) is 4.39 Å². The molecule has 1 aromatic rings. The van der Waals surface area contributed by atoms with E-state index in [2.05, 4.69) is 22.9 Å². The summed E-state index contributed by atoms with van der Waals surface area (Å²) < 4.78 is 12.9. The molecule has 0 aliphatic rings. The first-order valence-electron chi connectivity index (χ1n) is 7.59. The molecule has 0 spiro atoms. The van der Waals surface area contributed by atoms with Crippen molar-refractivity contribution in [3.05, 3.63) is 35.6 Å². The van der Waals surface area contributed by atoms with Crippen LogP contribution in [0.1, 0.15) is 69.8 Å². The molecule has 0 N–H and O–H groups in total. The molecule has 1 unspecified atom stereocenters. The Morgan fingerprint density at radius 3 is 2.11 bits per heavy atom. The first kappa shape index (κ1) is 16.7. The lowest BCUT2D eigenvalue weighted by atomic mass is 9.94. The molecule has 0 saturated carbocycles. The zero-order valence-electron chi connectivity index (χ0n) is 12.0. The van der Waals surface area contributed by atoms with Crippen molar-refractivity contribution in [1.29, 1.82) is 0 Å². The number of hydrogen-bond donors (Lipinski definition) is 0. The standard InChI is InChI=1S/C17H26BrF/c1-2-3-4-5-6-7-8-9-16(14-18)15-10-12-17(19)13-11-15/h10-13,16H,2-9,14H2,1H3. The minimum Gasteiger partial charge on any atom is -0.207 e. The normalized spacial score (nSPS) is 12.6. The lowest BCUT2D eigenvalue weighted by Gasteiger charge is -2.14. The number of alkyl halides is 1. The van der Waals surface area contributed by atoms with Crippen LogP contribution in [0.5, 0.6) is 0 Å². The fourth-order valence-corrected chi connectivity index (χ4v) is 3.11. The van der Waals surface area contributed by atoms with Crippen molar-refractivity contribution in [3.8, 4) is 0 Å². The summed E-state index contributed by atoms with van der Waals surface area (Å²) in [7, 11) is 0. The number of unbranched alkanes of at least 4 members (excludes halogenated alkanes) is 6. The van der Waals surface area contributed by atoms with Crippen LogP contribution < -0.4 is 0 Å². The molecule has 2 heteroatoms.